The number of benzene rings is 2. The molecule has 0 fully saturated rings. The van der Waals surface area contributed by atoms with Crippen LogP contribution in [0.15, 0.2) is 48.5 Å². The van der Waals surface area contributed by atoms with Gasteiger partial charge < -0.3 is 20.1 Å². The second-order valence-corrected chi connectivity index (χ2v) is 5.94. The highest BCUT2D eigenvalue weighted by atomic mass is 16.5. The lowest BCUT2D eigenvalue weighted by atomic mass is 10.1. The topological polar surface area (TPSA) is 76.7 Å². The fraction of sp³-hybridized carbons (Fsp3) is 0.300. The Balaban J connectivity index is 1.92. The maximum absolute atomic E-state index is 12.1. The number of rotatable bonds is 6. The molecular formula is C20H24N2O4. The van der Waals surface area contributed by atoms with E-state index in [9.17, 15) is 9.59 Å². The normalized spacial score (nSPS) is 12.6. The van der Waals surface area contributed by atoms with Crippen molar-refractivity contribution in [2.24, 2.45) is 0 Å². The van der Waals surface area contributed by atoms with Crippen molar-refractivity contribution < 1.29 is 19.1 Å². The summed E-state index contributed by atoms with van der Waals surface area (Å²) in [6.07, 6.45) is 0. The first kappa shape index (κ1) is 19.3. The molecule has 2 unspecified atom stereocenters. The molecule has 0 radical (unpaired) electrons. The molecule has 2 aromatic rings. The highest BCUT2D eigenvalue weighted by molar-refractivity contribution is 6.35. The van der Waals surface area contributed by atoms with Crippen molar-refractivity contribution in [3.8, 4) is 11.5 Å². The second kappa shape index (κ2) is 8.89. The van der Waals surface area contributed by atoms with Gasteiger partial charge in [0.15, 0.2) is 0 Å². The molecule has 0 aliphatic rings. The van der Waals surface area contributed by atoms with Gasteiger partial charge in [0.05, 0.1) is 26.3 Å². The van der Waals surface area contributed by atoms with E-state index in [2.05, 4.69) is 10.6 Å². The average Bonchev–Trinajstić information content (AvgIpc) is 2.67. The fourth-order valence-corrected chi connectivity index (χ4v) is 2.48. The van der Waals surface area contributed by atoms with Crippen molar-refractivity contribution >= 4 is 11.8 Å². The molecule has 0 heterocycles. The molecule has 2 atom stereocenters. The van der Waals surface area contributed by atoms with Crippen LogP contribution in [-0.4, -0.2) is 26.0 Å². The third kappa shape index (κ3) is 4.99. The van der Waals surface area contributed by atoms with E-state index < -0.39 is 11.8 Å². The van der Waals surface area contributed by atoms with Crippen molar-refractivity contribution in [3.63, 3.8) is 0 Å². The predicted molar refractivity (Wildman–Crippen MR) is 99.1 cm³/mol. The summed E-state index contributed by atoms with van der Waals surface area (Å²) in [5, 5.41) is 5.39. The predicted octanol–water partition coefficient (Wildman–Crippen LogP) is 2.76. The minimum Gasteiger partial charge on any atom is -0.497 e. The molecule has 2 rings (SSSR count). The summed E-state index contributed by atoms with van der Waals surface area (Å²) >= 11 is 0. The molecular weight excluding hydrogens is 332 g/mol. The van der Waals surface area contributed by atoms with Crippen LogP contribution in [0.5, 0.6) is 11.5 Å². The van der Waals surface area contributed by atoms with E-state index in [1.807, 2.05) is 62.4 Å². The molecule has 0 saturated heterocycles. The van der Waals surface area contributed by atoms with Gasteiger partial charge in [0.2, 0.25) is 0 Å². The Morgan fingerprint density at radius 1 is 0.692 bits per heavy atom. The zero-order valence-electron chi connectivity index (χ0n) is 15.4. The van der Waals surface area contributed by atoms with E-state index >= 15 is 0 Å². The molecule has 6 heteroatoms. The third-order valence-corrected chi connectivity index (χ3v) is 4.13. The highest BCUT2D eigenvalue weighted by Crippen LogP contribution is 2.18. The van der Waals surface area contributed by atoms with Crippen LogP contribution < -0.4 is 20.1 Å². The van der Waals surface area contributed by atoms with Crippen molar-refractivity contribution in [2.45, 2.75) is 25.9 Å². The summed E-state index contributed by atoms with van der Waals surface area (Å²) < 4.78 is 10.2. The molecule has 2 N–H and O–H groups in total. The summed E-state index contributed by atoms with van der Waals surface area (Å²) in [6, 6.07) is 14.0. The molecule has 0 aromatic heterocycles. The largest absolute Gasteiger partial charge is 0.497 e. The third-order valence-electron chi connectivity index (χ3n) is 4.13. The molecule has 0 spiro atoms. The Morgan fingerprint density at radius 3 is 1.27 bits per heavy atom. The van der Waals surface area contributed by atoms with Gasteiger partial charge in [-0.15, -0.1) is 0 Å². The number of methoxy groups -OCH3 is 2. The van der Waals surface area contributed by atoms with E-state index in [0.717, 1.165) is 22.6 Å². The lowest BCUT2D eigenvalue weighted by Crippen LogP contribution is -2.41. The number of carbonyl (C=O) groups excluding carboxylic acids is 2. The van der Waals surface area contributed by atoms with Crippen molar-refractivity contribution in [1.29, 1.82) is 0 Å². The standard InChI is InChI=1S/C20H24N2O4/c1-13(15-5-9-17(25-3)10-6-15)21-19(23)20(24)22-14(2)16-7-11-18(26-4)12-8-16/h5-14H,1-4H3,(H,21,23)(H,22,24). The molecule has 0 bridgehead atoms. The Labute approximate surface area is 153 Å². The van der Waals surface area contributed by atoms with Gasteiger partial charge in [-0.1, -0.05) is 24.3 Å². The lowest BCUT2D eigenvalue weighted by Gasteiger charge is -2.17. The molecule has 0 aliphatic carbocycles. The van der Waals surface area contributed by atoms with Gasteiger partial charge in [0.25, 0.3) is 0 Å². The summed E-state index contributed by atoms with van der Waals surface area (Å²) in [4.78, 5) is 24.3. The highest BCUT2D eigenvalue weighted by Gasteiger charge is 2.19. The van der Waals surface area contributed by atoms with Gasteiger partial charge >= 0.3 is 11.8 Å². The SMILES string of the molecule is COc1ccc(C(C)NC(=O)C(=O)NC(C)c2ccc(OC)cc2)cc1. The van der Waals surface area contributed by atoms with Crippen LogP contribution in [0, 0.1) is 0 Å². The lowest BCUT2D eigenvalue weighted by molar-refractivity contribution is -0.140. The van der Waals surface area contributed by atoms with Crippen LogP contribution in [-0.2, 0) is 9.59 Å². The Bertz CT molecular complexity index is 676. The number of carbonyl (C=O) groups is 2. The van der Waals surface area contributed by atoms with Gasteiger partial charge in [0.1, 0.15) is 11.5 Å². The summed E-state index contributed by atoms with van der Waals surface area (Å²) in [6.45, 7) is 3.64. The van der Waals surface area contributed by atoms with Crippen LogP contribution in [0.3, 0.4) is 0 Å². The van der Waals surface area contributed by atoms with Crippen molar-refractivity contribution in [2.75, 3.05) is 14.2 Å². The Kier molecular flexibility index (Phi) is 6.60. The van der Waals surface area contributed by atoms with Gasteiger partial charge in [-0.2, -0.15) is 0 Å². The van der Waals surface area contributed by atoms with Crippen LogP contribution in [0.4, 0.5) is 0 Å². The molecule has 6 nitrogen and oxygen atoms in total. The molecule has 0 saturated carbocycles. The van der Waals surface area contributed by atoms with E-state index in [4.69, 9.17) is 9.47 Å². The van der Waals surface area contributed by atoms with Crippen LogP contribution in [0.1, 0.15) is 37.1 Å². The molecule has 26 heavy (non-hydrogen) atoms. The van der Waals surface area contributed by atoms with Crippen LogP contribution >= 0.6 is 0 Å². The van der Waals surface area contributed by atoms with Crippen LogP contribution in [0.25, 0.3) is 0 Å². The van der Waals surface area contributed by atoms with Crippen molar-refractivity contribution in [1.82, 2.24) is 10.6 Å². The Morgan fingerprint density at radius 2 is 1.00 bits per heavy atom. The summed E-state index contributed by atoms with van der Waals surface area (Å²) in [5.41, 5.74) is 1.77. The summed E-state index contributed by atoms with van der Waals surface area (Å²) in [7, 11) is 3.18. The quantitative estimate of drug-likeness (QED) is 0.781. The van der Waals surface area contributed by atoms with E-state index in [-0.39, 0.29) is 12.1 Å². The van der Waals surface area contributed by atoms with Gasteiger partial charge in [-0.25, -0.2) is 0 Å². The van der Waals surface area contributed by atoms with Crippen molar-refractivity contribution in [3.05, 3.63) is 59.7 Å². The molecule has 2 amide bonds. The van der Waals surface area contributed by atoms with Crippen LogP contribution in [0.2, 0.25) is 0 Å². The summed E-state index contributed by atoms with van der Waals surface area (Å²) in [5.74, 6) is 0.124. The smallest absolute Gasteiger partial charge is 0.309 e. The number of hydrogen-bond donors (Lipinski definition) is 2. The zero-order valence-corrected chi connectivity index (χ0v) is 15.4. The average molecular weight is 356 g/mol. The molecule has 138 valence electrons. The minimum absolute atomic E-state index is 0.296. The van der Waals surface area contributed by atoms with Gasteiger partial charge in [-0.3, -0.25) is 9.59 Å². The Hall–Kier alpha value is -3.02. The number of ether oxygens (including phenoxy) is 2. The first-order chi connectivity index (χ1) is 12.4. The zero-order chi connectivity index (χ0) is 19.1. The molecule has 2 aromatic carbocycles. The van der Waals surface area contributed by atoms with E-state index in [1.54, 1.807) is 14.2 Å². The maximum Gasteiger partial charge on any atom is 0.309 e. The maximum atomic E-state index is 12.1. The number of nitrogens with one attached hydrogen (secondary N) is 2. The molecule has 0 aliphatic heterocycles. The second-order valence-electron chi connectivity index (χ2n) is 5.94. The van der Waals surface area contributed by atoms with Gasteiger partial charge in [-0.05, 0) is 49.2 Å². The number of amides is 2. The first-order valence-corrected chi connectivity index (χ1v) is 8.34. The van der Waals surface area contributed by atoms with E-state index in [1.165, 1.54) is 0 Å². The monoisotopic (exact) mass is 356 g/mol. The van der Waals surface area contributed by atoms with E-state index in [0.29, 0.717) is 0 Å². The minimum atomic E-state index is -0.673. The first-order valence-electron chi connectivity index (χ1n) is 8.34. The van der Waals surface area contributed by atoms with Gasteiger partial charge in [0, 0.05) is 0 Å². The fourth-order valence-electron chi connectivity index (χ4n) is 2.48. The number of hydrogen-bond acceptors (Lipinski definition) is 4.